The quantitative estimate of drug-likeness (QED) is 0.563. The highest BCUT2D eigenvalue weighted by atomic mass is 16.6. The molecule has 3 aromatic rings. The van der Waals surface area contributed by atoms with E-state index in [0.29, 0.717) is 0 Å². The average molecular weight is 408 g/mol. The first-order valence-corrected chi connectivity index (χ1v) is 8.99. The summed E-state index contributed by atoms with van der Waals surface area (Å²) in [7, 11) is 0. The van der Waals surface area contributed by atoms with Crippen LogP contribution in [0.25, 0.3) is 11.1 Å². The monoisotopic (exact) mass is 408 g/mol. The standard InChI is InChI=1S/C20H16N4O6/c25-16(26)9-21-19(27)17-18(24-30-23-17)22-20(28)29-10-15-13-7-3-1-5-11(13)12-6-2-4-8-14(12)15/h1-8,15H,9-10H2,(H,21,27)(H,25,26)(H,22,24,28). The maximum Gasteiger partial charge on any atom is 0.412 e. The highest BCUT2D eigenvalue weighted by molar-refractivity contribution is 6.00. The van der Waals surface area contributed by atoms with Gasteiger partial charge in [0.2, 0.25) is 11.5 Å². The van der Waals surface area contributed by atoms with Gasteiger partial charge in [0.15, 0.2) is 0 Å². The minimum absolute atomic E-state index is 0.0751. The van der Waals surface area contributed by atoms with Crippen LogP contribution in [0.15, 0.2) is 53.2 Å². The Balaban J connectivity index is 1.43. The molecule has 10 nitrogen and oxygen atoms in total. The van der Waals surface area contributed by atoms with E-state index < -0.39 is 24.5 Å². The van der Waals surface area contributed by atoms with E-state index in [1.165, 1.54) is 0 Å². The molecule has 0 aliphatic heterocycles. The lowest BCUT2D eigenvalue weighted by molar-refractivity contribution is -0.135. The Hall–Kier alpha value is -4.21. The summed E-state index contributed by atoms with van der Waals surface area (Å²) in [5.74, 6) is -2.48. The fourth-order valence-corrected chi connectivity index (χ4v) is 3.39. The molecule has 0 radical (unpaired) electrons. The van der Waals surface area contributed by atoms with Crippen molar-refractivity contribution in [2.24, 2.45) is 0 Å². The number of amides is 2. The van der Waals surface area contributed by atoms with Gasteiger partial charge in [0.25, 0.3) is 5.91 Å². The van der Waals surface area contributed by atoms with Crippen LogP contribution in [0.3, 0.4) is 0 Å². The molecule has 2 aromatic carbocycles. The van der Waals surface area contributed by atoms with Crippen LogP contribution in [0, 0.1) is 0 Å². The molecule has 152 valence electrons. The third-order valence-corrected chi connectivity index (χ3v) is 4.67. The van der Waals surface area contributed by atoms with E-state index in [1.54, 1.807) is 0 Å². The van der Waals surface area contributed by atoms with Crippen molar-refractivity contribution in [1.29, 1.82) is 0 Å². The summed E-state index contributed by atoms with van der Waals surface area (Å²) in [6.45, 7) is -0.540. The van der Waals surface area contributed by atoms with E-state index >= 15 is 0 Å². The SMILES string of the molecule is O=C(O)CNC(=O)c1nonc1NC(=O)OCC1c2ccccc2-c2ccccc21. The maximum atomic E-state index is 12.3. The Morgan fingerprint density at radius 2 is 1.63 bits per heavy atom. The minimum Gasteiger partial charge on any atom is -0.480 e. The number of carboxylic acids is 1. The first kappa shape index (κ1) is 19.1. The smallest absolute Gasteiger partial charge is 0.412 e. The van der Waals surface area contributed by atoms with Crippen LogP contribution in [0.2, 0.25) is 0 Å². The summed E-state index contributed by atoms with van der Waals surface area (Å²) in [6.07, 6.45) is -0.847. The molecule has 1 aliphatic carbocycles. The second-order valence-corrected chi connectivity index (χ2v) is 6.49. The van der Waals surface area contributed by atoms with E-state index in [4.69, 9.17) is 9.84 Å². The van der Waals surface area contributed by atoms with Crippen molar-refractivity contribution in [3.63, 3.8) is 0 Å². The van der Waals surface area contributed by atoms with E-state index in [-0.39, 0.29) is 24.0 Å². The fraction of sp³-hybridized carbons (Fsp3) is 0.150. The Kier molecular flexibility index (Phi) is 5.12. The van der Waals surface area contributed by atoms with Crippen LogP contribution in [-0.4, -0.2) is 46.5 Å². The van der Waals surface area contributed by atoms with Crippen LogP contribution in [0.1, 0.15) is 27.5 Å². The van der Waals surface area contributed by atoms with E-state index in [2.05, 4.69) is 25.6 Å². The van der Waals surface area contributed by atoms with Gasteiger partial charge < -0.3 is 15.2 Å². The Morgan fingerprint density at radius 3 is 2.27 bits per heavy atom. The van der Waals surface area contributed by atoms with Crippen molar-refractivity contribution in [3.8, 4) is 11.1 Å². The molecular weight excluding hydrogens is 392 g/mol. The third kappa shape index (κ3) is 3.70. The molecule has 0 saturated carbocycles. The van der Waals surface area contributed by atoms with Crippen molar-refractivity contribution in [2.75, 3.05) is 18.5 Å². The lowest BCUT2D eigenvalue weighted by Crippen LogP contribution is -2.30. The van der Waals surface area contributed by atoms with Gasteiger partial charge in [-0.3, -0.25) is 14.9 Å². The molecule has 30 heavy (non-hydrogen) atoms. The predicted molar refractivity (Wildman–Crippen MR) is 103 cm³/mol. The minimum atomic E-state index is -1.23. The number of aromatic nitrogens is 2. The molecule has 0 saturated heterocycles. The van der Waals surface area contributed by atoms with Crippen molar-refractivity contribution in [1.82, 2.24) is 15.6 Å². The molecule has 0 atom stereocenters. The van der Waals surface area contributed by atoms with E-state index in [0.717, 1.165) is 22.3 Å². The zero-order valence-corrected chi connectivity index (χ0v) is 15.5. The fourth-order valence-electron chi connectivity index (χ4n) is 3.39. The second kappa shape index (κ2) is 8.03. The van der Waals surface area contributed by atoms with Crippen LogP contribution in [0.5, 0.6) is 0 Å². The number of anilines is 1. The van der Waals surface area contributed by atoms with Crippen molar-refractivity contribution >= 4 is 23.8 Å². The zero-order valence-electron chi connectivity index (χ0n) is 15.5. The van der Waals surface area contributed by atoms with Crippen LogP contribution >= 0.6 is 0 Å². The number of nitrogens with one attached hydrogen (secondary N) is 2. The van der Waals surface area contributed by atoms with Gasteiger partial charge in [-0.1, -0.05) is 48.5 Å². The molecule has 2 amide bonds. The number of aliphatic carboxylic acids is 1. The van der Waals surface area contributed by atoms with Crippen molar-refractivity contribution in [2.45, 2.75) is 5.92 Å². The normalized spacial score (nSPS) is 12.0. The lowest BCUT2D eigenvalue weighted by Gasteiger charge is -2.14. The molecule has 10 heteroatoms. The topological polar surface area (TPSA) is 144 Å². The number of carbonyl (C=O) groups is 3. The van der Waals surface area contributed by atoms with Crippen LogP contribution in [0.4, 0.5) is 10.6 Å². The molecule has 4 rings (SSSR count). The van der Waals surface area contributed by atoms with Gasteiger partial charge in [0, 0.05) is 5.92 Å². The first-order chi connectivity index (χ1) is 14.5. The predicted octanol–water partition coefficient (Wildman–Crippen LogP) is 2.25. The Labute approximate surface area is 169 Å². The molecule has 1 heterocycles. The number of fused-ring (bicyclic) bond motifs is 3. The number of rotatable bonds is 6. The van der Waals surface area contributed by atoms with Gasteiger partial charge >= 0.3 is 12.1 Å². The zero-order chi connectivity index (χ0) is 21.1. The molecule has 0 bridgehead atoms. The molecule has 0 unspecified atom stereocenters. The number of hydrogen-bond acceptors (Lipinski definition) is 7. The second-order valence-electron chi connectivity index (χ2n) is 6.49. The molecule has 0 spiro atoms. The first-order valence-electron chi connectivity index (χ1n) is 8.99. The van der Waals surface area contributed by atoms with Crippen LogP contribution < -0.4 is 10.6 Å². The average Bonchev–Trinajstić information content (AvgIpc) is 3.33. The highest BCUT2D eigenvalue weighted by Gasteiger charge is 2.29. The molecular formula is C20H16N4O6. The van der Waals surface area contributed by atoms with Gasteiger partial charge in [0.1, 0.15) is 13.2 Å². The van der Waals surface area contributed by atoms with Gasteiger partial charge in [-0.2, -0.15) is 0 Å². The number of carboxylic acid groups (broad SMARTS) is 1. The van der Waals surface area contributed by atoms with Gasteiger partial charge in [-0.25, -0.2) is 9.42 Å². The summed E-state index contributed by atoms with van der Waals surface area (Å²) in [5.41, 5.74) is 3.96. The number of nitrogens with zero attached hydrogens (tertiary/aromatic N) is 2. The van der Waals surface area contributed by atoms with E-state index in [1.807, 2.05) is 48.5 Å². The maximum absolute atomic E-state index is 12.3. The van der Waals surface area contributed by atoms with Gasteiger partial charge in [0.05, 0.1) is 0 Å². The lowest BCUT2D eigenvalue weighted by atomic mass is 9.98. The van der Waals surface area contributed by atoms with Gasteiger partial charge in [-0.15, -0.1) is 0 Å². The molecule has 0 fully saturated rings. The summed E-state index contributed by atoms with van der Waals surface area (Å²) >= 11 is 0. The van der Waals surface area contributed by atoms with Crippen LogP contribution in [-0.2, 0) is 9.53 Å². The number of ether oxygens (including phenoxy) is 1. The molecule has 3 N–H and O–H groups in total. The largest absolute Gasteiger partial charge is 0.480 e. The highest BCUT2D eigenvalue weighted by Crippen LogP contribution is 2.44. The van der Waals surface area contributed by atoms with E-state index in [9.17, 15) is 14.4 Å². The number of benzene rings is 2. The van der Waals surface area contributed by atoms with Crippen molar-refractivity contribution < 1.29 is 28.9 Å². The third-order valence-electron chi connectivity index (χ3n) is 4.67. The van der Waals surface area contributed by atoms with Crippen molar-refractivity contribution in [3.05, 3.63) is 65.4 Å². The Morgan fingerprint density at radius 1 is 1.00 bits per heavy atom. The molecule has 1 aromatic heterocycles. The summed E-state index contributed by atoms with van der Waals surface area (Å²) < 4.78 is 9.83. The number of carbonyl (C=O) groups excluding carboxylic acids is 2. The Bertz CT molecular complexity index is 1080. The summed E-state index contributed by atoms with van der Waals surface area (Å²) in [4.78, 5) is 34.7. The molecule has 1 aliphatic rings. The summed E-state index contributed by atoms with van der Waals surface area (Å²) in [5, 5.41) is 19.9. The summed E-state index contributed by atoms with van der Waals surface area (Å²) in [6, 6.07) is 15.8. The number of hydrogen-bond donors (Lipinski definition) is 3. The van der Waals surface area contributed by atoms with Gasteiger partial charge in [-0.05, 0) is 32.6 Å².